The first kappa shape index (κ1) is 28.9. The number of piperidine rings is 1. The van der Waals surface area contributed by atoms with Crippen molar-refractivity contribution in [3.63, 3.8) is 0 Å². The third-order valence-electron chi connectivity index (χ3n) is 6.49. The normalized spacial score (nSPS) is 16.6. The van der Waals surface area contributed by atoms with Crippen LogP contribution in [0.4, 0.5) is 5.69 Å². The standard InChI is InChI=1S/C29H43N3O5/c1-19(2)35-15-16-36-21-9-10-23(31-17-21)22-18-30-20(3)24(26(27(33)34)37-28(4,5)6)25(22)32-13-11-29(7,8)12-14-32/h9-10,17-19,26H,11-16H2,1-8H3,(H,33,34)/t26-/m0/s1. The number of aromatic nitrogens is 2. The van der Waals surface area contributed by atoms with Gasteiger partial charge in [-0.25, -0.2) is 4.79 Å². The molecule has 1 saturated heterocycles. The van der Waals surface area contributed by atoms with E-state index < -0.39 is 17.7 Å². The first-order chi connectivity index (χ1) is 17.3. The zero-order valence-electron chi connectivity index (χ0n) is 23.6. The minimum Gasteiger partial charge on any atom is -0.490 e. The highest BCUT2D eigenvalue weighted by Gasteiger charge is 2.36. The van der Waals surface area contributed by atoms with Crippen LogP contribution in [0.3, 0.4) is 0 Å². The summed E-state index contributed by atoms with van der Waals surface area (Å²) in [5, 5.41) is 10.2. The number of aliphatic carboxylic acids is 1. The highest BCUT2D eigenvalue weighted by molar-refractivity contribution is 5.85. The molecule has 2 aromatic heterocycles. The van der Waals surface area contributed by atoms with Crippen LogP contribution in [-0.4, -0.2) is 59.1 Å². The van der Waals surface area contributed by atoms with Crippen LogP contribution in [0.15, 0.2) is 24.5 Å². The number of carboxylic acid groups (broad SMARTS) is 1. The second-order valence-electron chi connectivity index (χ2n) is 11.8. The van der Waals surface area contributed by atoms with Crippen LogP contribution in [-0.2, 0) is 14.3 Å². The van der Waals surface area contributed by atoms with E-state index in [4.69, 9.17) is 14.2 Å². The summed E-state index contributed by atoms with van der Waals surface area (Å²) in [6.45, 7) is 18.6. The van der Waals surface area contributed by atoms with Gasteiger partial charge in [-0.15, -0.1) is 0 Å². The molecular weight excluding hydrogens is 470 g/mol. The van der Waals surface area contributed by atoms with Crippen molar-refractivity contribution in [2.75, 3.05) is 31.2 Å². The summed E-state index contributed by atoms with van der Waals surface area (Å²) in [7, 11) is 0. The third kappa shape index (κ3) is 7.89. The Morgan fingerprint density at radius 3 is 2.32 bits per heavy atom. The number of carboxylic acids is 1. The van der Waals surface area contributed by atoms with E-state index in [0.29, 0.717) is 35.9 Å². The molecule has 3 rings (SSSR count). The number of anilines is 1. The molecule has 0 aromatic carbocycles. The highest BCUT2D eigenvalue weighted by Crippen LogP contribution is 2.43. The van der Waals surface area contributed by atoms with E-state index in [-0.39, 0.29) is 11.5 Å². The number of ether oxygens (including phenoxy) is 3. The summed E-state index contributed by atoms with van der Waals surface area (Å²) in [6.07, 6.45) is 4.49. The van der Waals surface area contributed by atoms with Gasteiger partial charge in [0.15, 0.2) is 6.10 Å². The van der Waals surface area contributed by atoms with Crippen LogP contribution < -0.4 is 9.64 Å². The minimum atomic E-state index is -1.15. The zero-order chi connectivity index (χ0) is 27.4. The Balaban J connectivity index is 2.04. The van der Waals surface area contributed by atoms with E-state index in [0.717, 1.165) is 37.2 Å². The minimum absolute atomic E-state index is 0.156. The van der Waals surface area contributed by atoms with Crippen LogP contribution in [0.25, 0.3) is 11.3 Å². The molecule has 1 atom stereocenters. The summed E-state index contributed by atoms with van der Waals surface area (Å²) in [6, 6.07) is 3.77. The molecule has 0 bridgehead atoms. The maximum Gasteiger partial charge on any atom is 0.337 e. The van der Waals surface area contributed by atoms with E-state index in [1.165, 1.54) is 0 Å². The average Bonchev–Trinajstić information content (AvgIpc) is 2.80. The lowest BCUT2D eigenvalue weighted by molar-refractivity contribution is -0.160. The fraction of sp³-hybridized carbons (Fsp3) is 0.621. The third-order valence-corrected chi connectivity index (χ3v) is 6.49. The van der Waals surface area contributed by atoms with Crippen molar-refractivity contribution in [3.8, 4) is 17.0 Å². The van der Waals surface area contributed by atoms with Crippen LogP contribution in [0.5, 0.6) is 5.75 Å². The molecule has 1 aliphatic heterocycles. The lowest BCUT2D eigenvalue weighted by atomic mass is 9.82. The molecule has 37 heavy (non-hydrogen) atoms. The molecule has 0 unspecified atom stereocenters. The van der Waals surface area contributed by atoms with Gasteiger partial charge in [-0.2, -0.15) is 0 Å². The molecule has 1 aliphatic rings. The van der Waals surface area contributed by atoms with Crippen molar-refractivity contribution in [2.45, 2.75) is 86.0 Å². The predicted molar refractivity (Wildman–Crippen MR) is 145 cm³/mol. The van der Waals surface area contributed by atoms with Crippen molar-refractivity contribution < 1.29 is 24.1 Å². The topological polar surface area (TPSA) is 94.0 Å². The van der Waals surface area contributed by atoms with Gasteiger partial charge in [0, 0.05) is 36.1 Å². The van der Waals surface area contributed by atoms with E-state index in [9.17, 15) is 9.90 Å². The summed E-state index contributed by atoms with van der Waals surface area (Å²) >= 11 is 0. The van der Waals surface area contributed by atoms with Gasteiger partial charge in [0.05, 0.1) is 35.9 Å². The maximum atomic E-state index is 12.5. The Morgan fingerprint density at radius 2 is 1.78 bits per heavy atom. The molecular formula is C29H43N3O5. The van der Waals surface area contributed by atoms with E-state index in [2.05, 4.69) is 28.7 Å². The van der Waals surface area contributed by atoms with E-state index >= 15 is 0 Å². The molecule has 8 nitrogen and oxygen atoms in total. The number of pyridine rings is 2. The van der Waals surface area contributed by atoms with Gasteiger partial charge in [0.25, 0.3) is 0 Å². The summed E-state index contributed by atoms with van der Waals surface area (Å²) in [4.78, 5) is 24.1. The molecule has 1 fully saturated rings. The molecule has 8 heteroatoms. The summed E-state index contributed by atoms with van der Waals surface area (Å²) in [5.41, 5.74) is 3.16. The Hall–Kier alpha value is -2.71. The van der Waals surface area contributed by atoms with Gasteiger partial charge in [0.1, 0.15) is 12.4 Å². The fourth-order valence-electron chi connectivity index (χ4n) is 4.44. The Bertz CT molecular complexity index is 1050. The first-order valence-corrected chi connectivity index (χ1v) is 13.1. The Labute approximate surface area is 221 Å². The number of carbonyl (C=O) groups is 1. The van der Waals surface area contributed by atoms with Crippen molar-refractivity contribution in [3.05, 3.63) is 35.8 Å². The molecule has 0 amide bonds. The molecule has 1 N–H and O–H groups in total. The van der Waals surface area contributed by atoms with Gasteiger partial charge in [-0.05, 0) is 71.9 Å². The van der Waals surface area contributed by atoms with Gasteiger partial charge < -0.3 is 24.2 Å². The van der Waals surface area contributed by atoms with Crippen LogP contribution >= 0.6 is 0 Å². The number of rotatable bonds is 10. The number of nitrogens with zero attached hydrogens (tertiary/aromatic N) is 3. The predicted octanol–water partition coefficient (Wildman–Crippen LogP) is 5.82. The van der Waals surface area contributed by atoms with Gasteiger partial charge in [-0.1, -0.05) is 13.8 Å². The molecule has 0 spiro atoms. The number of hydrogen-bond donors (Lipinski definition) is 1. The first-order valence-electron chi connectivity index (χ1n) is 13.1. The highest BCUT2D eigenvalue weighted by atomic mass is 16.5. The Morgan fingerprint density at radius 1 is 1.11 bits per heavy atom. The fourth-order valence-corrected chi connectivity index (χ4v) is 4.44. The monoisotopic (exact) mass is 513 g/mol. The van der Waals surface area contributed by atoms with Crippen molar-refractivity contribution in [1.29, 1.82) is 0 Å². The zero-order valence-corrected chi connectivity index (χ0v) is 23.6. The summed E-state index contributed by atoms with van der Waals surface area (Å²) in [5.74, 6) is -0.381. The molecule has 0 aliphatic carbocycles. The van der Waals surface area contributed by atoms with Gasteiger partial charge in [-0.3, -0.25) is 9.97 Å². The largest absolute Gasteiger partial charge is 0.490 e. The number of aryl methyl sites for hydroxylation is 1. The number of hydrogen-bond acceptors (Lipinski definition) is 7. The lowest BCUT2D eigenvalue weighted by Crippen LogP contribution is -2.39. The van der Waals surface area contributed by atoms with Crippen LogP contribution in [0.2, 0.25) is 0 Å². The SMILES string of the molecule is Cc1ncc(-c2ccc(OCCOC(C)C)cn2)c(N2CCC(C)(C)CC2)c1[C@H](OC(C)(C)C)C(=O)O. The maximum absolute atomic E-state index is 12.5. The molecule has 0 radical (unpaired) electrons. The second-order valence-corrected chi connectivity index (χ2v) is 11.8. The van der Waals surface area contributed by atoms with Gasteiger partial charge >= 0.3 is 5.97 Å². The second kappa shape index (κ2) is 11.8. The smallest absolute Gasteiger partial charge is 0.337 e. The molecule has 2 aromatic rings. The van der Waals surface area contributed by atoms with Gasteiger partial charge in [0.2, 0.25) is 0 Å². The van der Waals surface area contributed by atoms with Crippen molar-refractivity contribution in [1.82, 2.24) is 9.97 Å². The average molecular weight is 514 g/mol. The molecule has 0 saturated carbocycles. The Kier molecular flexibility index (Phi) is 9.18. The van der Waals surface area contributed by atoms with E-state index in [1.54, 1.807) is 12.4 Å². The van der Waals surface area contributed by atoms with E-state index in [1.807, 2.05) is 53.7 Å². The molecule has 204 valence electrons. The van der Waals surface area contributed by atoms with Crippen molar-refractivity contribution >= 4 is 11.7 Å². The van der Waals surface area contributed by atoms with Crippen molar-refractivity contribution in [2.24, 2.45) is 5.41 Å². The lowest BCUT2D eigenvalue weighted by Gasteiger charge is -2.40. The summed E-state index contributed by atoms with van der Waals surface area (Å²) < 4.78 is 17.4. The molecule has 3 heterocycles. The van der Waals surface area contributed by atoms with Crippen LogP contribution in [0, 0.1) is 12.3 Å². The van der Waals surface area contributed by atoms with Crippen LogP contribution in [0.1, 0.15) is 78.7 Å². The quantitative estimate of drug-likeness (QED) is 0.397.